The van der Waals surface area contributed by atoms with Crippen LogP contribution in [0.15, 0.2) is 6.07 Å². The fraction of sp³-hybridized carbons (Fsp3) is 0.500. The van der Waals surface area contributed by atoms with Crippen LogP contribution in [0.3, 0.4) is 0 Å². The molecule has 2 rings (SSSR count). The highest BCUT2D eigenvalue weighted by Crippen LogP contribution is 2.31. The highest BCUT2D eigenvalue weighted by Gasteiger charge is 2.36. The topological polar surface area (TPSA) is 35.0 Å². The zero-order chi connectivity index (χ0) is 11.1. The van der Waals surface area contributed by atoms with E-state index >= 15 is 0 Å². The van der Waals surface area contributed by atoms with Crippen LogP contribution in [-0.2, 0) is 6.18 Å². The van der Waals surface area contributed by atoms with Crippen molar-refractivity contribution in [3.63, 3.8) is 0 Å². The van der Waals surface area contributed by atoms with Gasteiger partial charge in [0.2, 0.25) is 11.7 Å². The molecule has 0 aromatic carbocycles. The Kier molecular flexibility index (Phi) is 2.46. The molecule has 82 valence electrons. The Bertz CT molecular complexity index is 379. The van der Waals surface area contributed by atoms with Crippen molar-refractivity contribution in [2.24, 2.45) is 0 Å². The van der Waals surface area contributed by atoms with Gasteiger partial charge >= 0.3 is 6.18 Å². The average Bonchev–Trinajstić information content (AvgIpc) is 2.85. The summed E-state index contributed by atoms with van der Waals surface area (Å²) in [6.07, 6.45) is -2.96. The van der Waals surface area contributed by atoms with E-state index in [9.17, 15) is 13.2 Å². The minimum absolute atomic E-state index is 0.0305. The highest BCUT2D eigenvalue weighted by atomic mass is 35.5. The zero-order valence-electron chi connectivity index (χ0n) is 7.38. The van der Waals surface area contributed by atoms with Gasteiger partial charge in [-0.2, -0.15) is 18.2 Å². The van der Waals surface area contributed by atoms with Crippen LogP contribution in [0.25, 0.3) is 0 Å². The Labute approximate surface area is 88.2 Å². The number of hydrogen-bond acceptors (Lipinski definition) is 3. The Morgan fingerprint density at radius 1 is 1.33 bits per heavy atom. The average molecular weight is 239 g/mol. The number of hydrogen-bond donors (Lipinski definition) is 0. The molecule has 15 heavy (non-hydrogen) atoms. The van der Waals surface area contributed by atoms with Crippen LogP contribution in [0.4, 0.5) is 13.2 Å². The molecule has 1 heterocycles. The first-order chi connectivity index (χ1) is 6.95. The molecule has 0 aliphatic heterocycles. The SMILES string of the molecule is FC(F)(F)c1nc(Cl)cc(OC2CC2)n1. The molecular formula is C8H6ClF3N2O. The van der Waals surface area contributed by atoms with E-state index in [0.717, 1.165) is 12.8 Å². The van der Waals surface area contributed by atoms with Gasteiger partial charge in [-0.3, -0.25) is 0 Å². The van der Waals surface area contributed by atoms with Gasteiger partial charge in [0, 0.05) is 6.07 Å². The molecule has 1 aliphatic carbocycles. The van der Waals surface area contributed by atoms with Crippen LogP contribution >= 0.6 is 11.6 Å². The van der Waals surface area contributed by atoms with Gasteiger partial charge in [-0.05, 0) is 12.8 Å². The second-order valence-electron chi connectivity index (χ2n) is 3.17. The Hall–Kier alpha value is -1.04. The van der Waals surface area contributed by atoms with Gasteiger partial charge in [-0.25, -0.2) is 4.98 Å². The van der Waals surface area contributed by atoms with Crippen molar-refractivity contribution in [3.8, 4) is 5.88 Å². The lowest BCUT2D eigenvalue weighted by Crippen LogP contribution is -2.12. The van der Waals surface area contributed by atoms with Gasteiger partial charge in [0.15, 0.2) is 0 Å². The van der Waals surface area contributed by atoms with Gasteiger partial charge < -0.3 is 4.74 Å². The highest BCUT2D eigenvalue weighted by molar-refractivity contribution is 6.29. The molecule has 0 atom stereocenters. The first-order valence-corrected chi connectivity index (χ1v) is 4.61. The molecule has 3 nitrogen and oxygen atoms in total. The smallest absolute Gasteiger partial charge is 0.451 e. The molecule has 1 aromatic heterocycles. The Morgan fingerprint density at radius 3 is 2.53 bits per heavy atom. The Morgan fingerprint density at radius 2 is 2.00 bits per heavy atom. The van der Waals surface area contributed by atoms with Crippen LogP contribution < -0.4 is 4.74 Å². The number of halogens is 4. The lowest BCUT2D eigenvalue weighted by molar-refractivity contribution is -0.145. The summed E-state index contributed by atoms with van der Waals surface area (Å²) in [5.41, 5.74) is 0. The maximum absolute atomic E-state index is 12.3. The first kappa shape index (κ1) is 10.5. The van der Waals surface area contributed by atoms with E-state index < -0.39 is 12.0 Å². The molecule has 0 radical (unpaired) electrons. The van der Waals surface area contributed by atoms with Crippen molar-refractivity contribution in [2.45, 2.75) is 25.1 Å². The van der Waals surface area contributed by atoms with E-state index in [1.165, 1.54) is 6.07 Å². The van der Waals surface area contributed by atoms with E-state index in [-0.39, 0.29) is 17.1 Å². The van der Waals surface area contributed by atoms with E-state index in [4.69, 9.17) is 16.3 Å². The van der Waals surface area contributed by atoms with Crippen molar-refractivity contribution in [1.82, 2.24) is 9.97 Å². The van der Waals surface area contributed by atoms with Crippen molar-refractivity contribution < 1.29 is 17.9 Å². The van der Waals surface area contributed by atoms with Crippen molar-refractivity contribution in [3.05, 3.63) is 17.0 Å². The molecule has 1 aliphatic rings. The number of rotatable bonds is 2. The minimum Gasteiger partial charge on any atom is -0.474 e. The van der Waals surface area contributed by atoms with Crippen LogP contribution in [-0.4, -0.2) is 16.1 Å². The number of nitrogens with zero attached hydrogens (tertiary/aromatic N) is 2. The summed E-state index contributed by atoms with van der Waals surface area (Å²) in [5, 5.41) is -0.270. The van der Waals surface area contributed by atoms with Gasteiger partial charge in [-0.15, -0.1) is 0 Å². The second kappa shape index (κ2) is 3.52. The normalized spacial score (nSPS) is 16.5. The maximum atomic E-state index is 12.3. The van der Waals surface area contributed by atoms with Crippen LogP contribution in [0.2, 0.25) is 5.15 Å². The van der Waals surface area contributed by atoms with Gasteiger partial charge in [0.25, 0.3) is 0 Å². The molecule has 0 bridgehead atoms. The van der Waals surface area contributed by atoms with Crippen LogP contribution in [0.1, 0.15) is 18.7 Å². The van der Waals surface area contributed by atoms with E-state index in [1.807, 2.05) is 0 Å². The van der Waals surface area contributed by atoms with Crippen molar-refractivity contribution in [2.75, 3.05) is 0 Å². The van der Waals surface area contributed by atoms with Crippen LogP contribution in [0.5, 0.6) is 5.88 Å². The molecule has 1 fully saturated rings. The third-order valence-corrected chi connectivity index (χ3v) is 1.93. The summed E-state index contributed by atoms with van der Waals surface area (Å²) in [7, 11) is 0. The summed E-state index contributed by atoms with van der Waals surface area (Å²) in [6.45, 7) is 0. The Balaban J connectivity index is 2.27. The molecule has 7 heteroatoms. The summed E-state index contributed by atoms with van der Waals surface area (Å²) in [6, 6.07) is 1.18. The van der Waals surface area contributed by atoms with E-state index in [2.05, 4.69) is 9.97 Å². The second-order valence-corrected chi connectivity index (χ2v) is 3.55. The number of ether oxygens (including phenoxy) is 1. The molecule has 0 amide bonds. The molecule has 0 spiro atoms. The molecule has 0 saturated heterocycles. The summed E-state index contributed by atoms with van der Waals surface area (Å²) >= 11 is 5.43. The first-order valence-electron chi connectivity index (χ1n) is 4.23. The fourth-order valence-electron chi connectivity index (χ4n) is 0.941. The lowest BCUT2D eigenvalue weighted by atomic mass is 10.5. The molecule has 1 aromatic rings. The largest absolute Gasteiger partial charge is 0.474 e. The number of alkyl halides is 3. The fourth-order valence-corrected chi connectivity index (χ4v) is 1.11. The van der Waals surface area contributed by atoms with E-state index in [1.54, 1.807) is 0 Å². The molecule has 1 saturated carbocycles. The minimum atomic E-state index is -4.60. The maximum Gasteiger partial charge on any atom is 0.451 e. The van der Waals surface area contributed by atoms with E-state index in [0.29, 0.717) is 0 Å². The standard InChI is InChI=1S/C8H6ClF3N2O/c9-5-3-6(15-4-1-2-4)14-7(13-5)8(10,11)12/h3-4H,1-2H2. The van der Waals surface area contributed by atoms with Crippen LogP contribution in [0, 0.1) is 0 Å². The summed E-state index contributed by atoms with van der Waals surface area (Å²) in [5.74, 6) is -1.39. The summed E-state index contributed by atoms with van der Waals surface area (Å²) < 4.78 is 41.9. The van der Waals surface area contributed by atoms with Crippen molar-refractivity contribution >= 4 is 11.6 Å². The third kappa shape index (κ3) is 2.71. The van der Waals surface area contributed by atoms with Crippen molar-refractivity contribution in [1.29, 1.82) is 0 Å². The zero-order valence-corrected chi connectivity index (χ0v) is 8.14. The predicted molar refractivity (Wildman–Crippen MR) is 45.7 cm³/mol. The van der Waals surface area contributed by atoms with Gasteiger partial charge in [-0.1, -0.05) is 11.6 Å². The number of aromatic nitrogens is 2. The molecule has 0 unspecified atom stereocenters. The quantitative estimate of drug-likeness (QED) is 0.743. The molecule has 0 N–H and O–H groups in total. The lowest BCUT2D eigenvalue weighted by Gasteiger charge is -2.08. The van der Waals surface area contributed by atoms with Gasteiger partial charge in [0.05, 0.1) is 0 Å². The molecular weight excluding hydrogens is 233 g/mol. The summed E-state index contributed by atoms with van der Waals surface area (Å²) in [4.78, 5) is 6.32. The monoisotopic (exact) mass is 238 g/mol. The predicted octanol–water partition coefficient (Wildman–Crippen LogP) is 2.69. The third-order valence-electron chi connectivity index (χ3n) is 1.74. The van der Waals surface area contributed by atoms with Gasteiger partial charge in [0.1, 0.15) is 11.3 Å².